The second-order valence-electron chi connectivity index (χ2n) is 6.20. The van der Waals surface area contributed by atoms with Crippen molar-refractivity contribution < 1.29 is 23.1 Å². The molecule has 0 aliphatic rings. The van der Waals surface area contributed by atoms with Crippen molar-refractivity contribution in [3.63, 3.8) is 0 Å². The minimum Gasteiger partial charge on any atom is -0.484 e. The van der Waals surface area contributed by atoms with Gasteiger partial charge in [-0.2, -0.15) is 0 Å². The molecule has 1 aromatic carbocycles. The van der Waals surface area contributed by atoms with Gasteiger partial charge in [0.05, 0.1) is 0 Å². The van der Waals surface area contributed by atoms with Crippen LogP contribution in [-0.4, -0.2) is 25.0 Å². The molecule has 2 rings (SSSR count). The van der Waals surface area contributed by atoms with Gasteiger partial charge < -0.3 is 19.8 Å². The summed E-state index contributed by atoms with van der Waals surface area (Å²) >= 11 is 5.22. The summed E-state index contributed by atoms with van der Waals surface area (Å²) in [5, 5.41) is 5.84. The molecule has 9 heteroatoms. The van der Waals surface area contributed by atoms with E-state index < -0.39 is 17.4 Å². The average molecular weight is 447 g/mol. The van der Waals surface area contributed by atoms with Crippen LogP contribution >= 0.6 is 11.6 Å². The Morgan fingerprint density at radius 3 is 2.74 bits per heavy atom. The normalized spacial score (nSPS) is 11.7. The van der Waals surface area contributed by atoms with E-state index in [0.29, 0.717) is 22.2 Å². The molecular formula is C22H20ClFN2O5. The van der Waals surface area contributed by atoms with Gasteiger partial charge in [0.25, 0.3) is 11.8 Å². The van der Waals surface area contributed by atoms with Crippen LogP contribution in [0.3, 0.4) is 0 Å². The molecule has 0 radical (unpaired) electrons. The van der Waals surface area contributed by atoms with E-state index in [9.17, 15) is 18.8 Å². The zero-order valence-corrected chi connectivity index (χ0v) is 17.2. The SMILES string of the molecule is C=C/C(=C\C(F)=C\Cl)OCC(=O)NCCC(=C)NC(=O)c1ccc2oc(=O)ccc2c1. The molecule has 2 aromatic rings. The number of amides is 2. The Hall–Kier alpha value is -3.65. The molecule has 2 N–H and O–H groups in total. The highest BCUT2D eigenvalue weighted by Gasteiger charge is 2.09. The number of halogens is 2. The van der Waals surface area contributed by atoms with Crippen molar-refractivity contribution in [2.24, 2.45) is 0 Å². The lowest BCUT2D eigenvalue weighted by Crippen LogP contribution is -2.30. The van der Waals surface area contributed by atoms with Gasteiger partial charge in [0.15, 0.2) is 6.61 Å². The fraction of sp³-hybridized carbons (Fsp3) is 0.136. The van der Waals surface area contributed by atoms with Crippen molar-refractivity contribution >= 4 is 34.4 Å². The van der Waals surface area contributed by atoms with Gasteiger partial charge in [0.2, 0.25) is 0 Å². The van der Waals surface area contributed by atoms with Crippen molar-refractivity contribution in [3.05, 3.63) is 94.4 Å². The summed E-state index contributed by atoms with van der Waals surface area (Å²) < 4.78 is 23.2. The largest absolute Gasteiger partial charge is 0.484 e. The van der Waals surface area contributed by atoms with Crippen molar-refractivity contribution in [2.75, 3.05) is 13.2 Å². The van der Waals surface area contributed by atoms with E-state index >= 15 is 0 Å². The third kappa shape index (κ3) is 7.60. The molecule has 2 amide bonds. The first-order valence-corrected chi connectivity index (χ1v) is 9.48. The number of nitrogens with one attached hydrogen (secondary N) is 2. The second kappa shape index (κ2) is 11.5. The summed E-state index contributed by atoms with van der Waals surface area (Å²) in [6.07, 6.45) is 2.52. The Balaban J connectivity index is 1.78. The number of hydrogen-bond donors (Lipinski definition) is 2. The molecule has 0 spiro atoms. The van der Waals surface area contributed by atoms with E-state index in [1.165, 1.54) is 24.3 Å². The highest BCUT2D eigenvalue weighted by atomic mass is 35.5. The molecule has 0 bridgehead atoms. The summed E-state index contributed by atoms with van der Waals surface area (Å²) in [5.41, 5.74) is 1.39. The lowest BCUT2D eigenvalue weighted by atomic mass is 10.1. The molecule has 31 heavy (non-hydrogen) atoms. The highest BCUT2D eigenvalue weighted by Crippen LogP contribution is 2.14. The molecule has 0 aliphatic heterocycles. The highest BCUT2D eigenvalue weighted by molar-refractivity contribution is 6.25. The van der Waals surface area contributed by atoms with Gasteiger partial charge in [0, 0.05) is 47.3 Å². The summed E-state index contributed by atoms with van der Waals surface area (Å²) in [4.78, 5) is 35.4. The summed E-state index contributed by atoms with van der Waals surface area (Å²) in [6.45, 7) is 7.07. The number of rotatable bonds is 10. The molecule has 0 saturated heterocycles. The third-order valence-corrected chi connectivity index (χ3v) is 4.08. The van der Waals surface area contributed by atoms with Crippen LogP contribution in [0.4, 0.5) is 4.39 Å². The Morgan fingerprint density at radius 2 is 2.03 bits per heavy atom. The van der Waals surface area contributed by atoms with Crippen LogP contribution in [0.2, 0.25) is 0 Å². The molecule has 0 atom stereocenters. The molecule has 0 fully saturated rings. The quantitative estimate of drug-likeness (QED) is 0.329. The molecule has 162 valence electrons. The van der Waals surface area contributed by atoms with E-state index in [0.717, 1.165) is 11.6 Å². The number of carbonyl (C=O) groups excluding carboxylic acids is 2. The number of hydrogen-bond acceptors (Lipinski definition) is 5. The fourth-order valence-electron chi connectivity index (χ4n) is 2.39. The first-order chi connectivity index (χ1) is 14.8. The van der Waals surface area contributed by atoms with Gasteiger partial charge in [-0.3, -0.25) is 9.59 Å². The Kier molecular flexibility index (Phi) is 8.78. The van der Waals surface area contributed by atoms with Crippen LogP contribution in [0.15, 0.2) is 87.7 Å². The average Bonchev–Trinajstić information content (AvgIpc) is 2.75. The van der Waals surface area contributed by atoms with Crippen LogP contribution in [0.1, 0.15) is 16.8 Å². The van der Waals surface area contributed by atoms with Crippen LogP contribution in [0, 0.1) is 0 Å². The molecule has 1 heterocycles. The number of carbonyl (C=O) groups is 2. The van der Waals surface area contributed by atoms with Gasteiger partial charge in [0.1, 0.15) is 17.2 Å². The fourth-order valence-corrected chi connectivity index (χ4v) is 2.45. The van der Waals surface area contributed by atoms with Crippen LogP contribution in [0.5, 0.6) is 0 Å². The molecule has 7 nitrogen and oxygen atoms in total. The summed E-state index contributed by atoms with van der Waals surface area (Å²) in [6, 6.07) is 7.49. The Labute approximate surface area is 182 Å². The Bertz CT molecular complexity index is 1120. The van der Waals surface area contributed by atoms with E-state index in [1.54, 1.807) is 12.1 Å². The zero-order valence-electron chi connectivity index (χ0n) is 16.5. The van der Waals surface area contributed by atoms with E-state index in [-0.39, 0.29) is 31.2 Å². The van der Waals surface area contributed by atoms with Crippen molar-refractivity contribution in [3.8, 4) is 0 Å². The van der Waals surface area contributed by atoms with E-state index in [4.69, 9.17) is 20.8 Å². The molecule has 1 aromatic heterocycles. The lowest BCUT2D eigenvalue weighted by Gasteiger charge is -2.11. The van der Waals surface area contributed by atoms with Crippen LogP contribution in [0.25, 0.3) is 11.0 Å². The maximum absolute atomic E-state index is 13.1. The minimum absolute atomic E-state index is 0.0517. The van der Waals surface area contributed by atoms with Gasteiger partial charge >= 0.3 is 5.63 Å². The van der Waals surface area contributed by atoms with Gasteiger partial charge in [-0.1, -0.05) is 24.8 Å². The third-order valence-electron chi connectivity index (χ3n) is 3.88. The maximum Gasteiger partial charge on any atom is 0.336 e. The number of benzene rings is 1. The van der Waals surface area contributed by atoms with Gasteiger partial charge in [-0.05, 0) is 30.3 Å². The van der Waals surface area contributed by atoms with Crippen molar-refractivity contribution in [2.45, 2.75) is 6.42 Å². The molecule has 0 aliphatic carbocycles. The minimum atomic E-state index is -0.736. The zero-order chi connectivity index (χ0) is 22.8. The maximum atomic E-state index is 13.1. The standard InChI is InChI=1S/C22H20ClFN2O5/c1-3-18(11-17(24)12-23)30-13-20(27)25-9-8-14(2)26-22(29)16-4-6-19-15(10-16)5-7-21(28)31-19/h3-7,10-12H,1-2,8-9,13H2,(H,25,27)(H,26,29)/b17-12-,18-11+. The predicted molar refractivity (Wildman–Crippen MR) is 116 cm³/mol. The van der Waals surface area contributed by atoms with Gasteiger partial charge in [-0.25, -0.2) is 9.18 Å². The number of ether oxygens (including phenoxy) is 1. The number of allylic oxidation sites excluding steroid dienone is 3. The Morgan fingerprint density at radius 1 is 1.26 bits per heavy atom. The first kappa shape index (κ1) is 23.6. The van der Waals surface area contributed by atoms with Crippen molar-refractivity contribution in [1.82, 2.24) is 10.6 Å². The molecule has 0 unspecified atom stereocenters. The number of fused-ring (bicyclic) bond motifs is 1. The predicted octanol–water partition coefficient (Wildman–Crippen LogP) is 3.68. The second-order valence-corrected chi connectivity index (χ2v) is 6.42. The van der Waals surface area contributed by atoms with Crippen LogP contribution in [-0.2, 0) is 9.53 Å². The lowest BCUT2D eigenvalue weighted by molar-refractivity contribution is -0.124. The van der Waals surface area contributed by atoms with Gasteiger partial charge in [-0.15, -0.1) is 0 Å². The molecular weight excluding hydrogens is 427 g/mol. The van der Waals surface area contributed by atoms with E-state index in [1.807, 2.05) is 0 Å². The topological polar surface area (TPSA) is 97.6 Å². The van der Waals surface area contributed by atoms with Crippen LogP contribution < -0.4 is 16.3 Å². The summed E-state index contributed by atoms with van der Waals surface area (Å²) in [5.74, 6) is -1.52. The van der Waals surface area contributed by atoms with Crippen molar-refractivity contribution in [1.29, 1.82) is 0 Å². The molecule has 0 saturated carbocycles. The van der Waals surface area contributed by atoms with E-state index in [2.05, 4.69) is 23.8 Å². The first-order valence-electron chi connectivity index (χ1n) is 9.05. The monoisotopic (exact) mass is 446 g/mol. The smallest absolute Gasteiger partial charge is 0.336 e. The summed E-state index contributed by atoms with van der Waals surface area (Å²) in [7, 11) is 0.